The van der Waals surface area contributed by atoms with Crippen LogP contribution in [0.1, 0.15) is 24.2 Å². The van der Waals surface area contributed by atoms with Crippen LogP contribution < -0.4 is 15.4 Å². The van der Waals surface area contributed by atoms with E-state index in [4.69, 9.17) is 9.47 Å². The van der Waals surface area contributed by atoms with Crippen LogP contribution in [0.25, 0.3) is 10.4 Å². The van der Waals surface area contributed by atoms with Gasteiger partial charge in [-0.05, 0) is 49.7 Å². The predicted octanol–water partition coefficient (Wildman–Crippen LogP) is 5.30. The third kappa shape index (κ3) is 7.36. The first-order chi connectivity index (χ1) is 16.5. The zero-order valence-electron chi connectivity index (χ0n) is 19.0. The van der Waals surface area contributed by atoms with Crippen molar-refractivity contribution in [2.24, 2.45) is 0 Å². The van der Waals surface area contributed by atoms with E-state index in [1.54, 1.807) is 37.3 Å². The first kappa shape index (κ1) is 25.3. The van der Waals surface area contributed by atoms with Crippen LogP contribution in [0.2, 0.25) is 0 Å². The Morgan fingerprint density at radius 3 is 2.21 bits per heavy atom. The Labute approximate surface area is 206 Å². The number of carbonyl (C=O) groups is 3. The van der Waals surface area contributed by atoms with E-state index in [9.17, 15) is 14.4 Å². The van der Waals surface area contributed by atoms with Gasteiger partial charge in [-0.25, -0.2) is 4.79 Å². The lowest BCUT2D eigenvalue weighted by molar-refractivity contribution is -0.114. The van der Waals surface area contributed by atoms with Gasteiger partial charge in [0.2, 0.25) is 11.8 Å². The average molecular weight is 499 g/mol. The maximum Gasteiger partial charge on any atom is 0.341 e. The third-order valence-corrected chi connectivity index (χ3v) is 6.49. The second-order valence-corrected chi connectivity index (χ2v) is 9.02. The van der Waals surface area contributed by atoms with E-state index >= 15 is 0 Å². The van der Waals surface area contributed by atoms with E-state index in [0.717, 1.165) is 16.2 Å². The third-order valence-electron chi connectivity index (χ3n) is 4.45. The van der Waals surface area contributed by atoms with Crippen LogP contribution in [-0.4, -0.2) is 42.5 Å². The molecule has 0 aliphatic rings. The summed E-state index contributed by atoms with van der Waals surface area (Å²) >= 11 is 2.50. The van der Waals surface area contributed by atoms with E-state index < -0.39 is 5.97 Å². The van der Waals surface area contributed by atoms with Gasteiger partial charge in [-0.1, -0.05) is 30.3 Å². The fourth-order valence-electron chi connectivity index (χ4n) is 2.99. The molecule has 7 nitrogen and oxygen atoms in total. The molecule has 0 saturated heterocycles. The minimum Gasteiger partial charge on any atom is -0.494 e. The lowest BCUT2D eigenvalue weighted by Gasteiger charge is -2.08. The van der Waals surface area contributed by atoms with Gasteiger partial charge in [-0.3, -0.25) is 9.59 Å². The number of nitrogens with one attached hydrogen (secondary N) is 2. The molecule has 0 aliphatic carbocycles. The smallest absolute Gasteiger partial charge is 0.341 e. The van der Waals surface area contributed by atoms with Crippen molar-refractivity contribution in [3.63, 3.8) is 0 Å². The van der Waals surface area contributed by atoms with Crippen LogP contribution in [0.15, 0.2) is 60.7 Å². The molecule has 0 aliphatic heterocycles. The van der Waals surface area contributed by atoms with Crippen molar-refractivity contribution in [3.8, 4) is 16.2 Å². The summed E-state index contributed by atoms with van der Waals surface area (Å²) < 4.78 is 10.5. The molecule has 0 atom stereocenters. The number of rotatable bonds is 11. The van der Waals surface area contributed by atoms with Gasteiger partial charge in [0.25, 0.3) is 0 Å². The lowest BCUT2D eigenvalue weighted by atomic mass is 10.1. The van der Waals surface area contributed by atoms with Gasteiger partial charge in [0.1, 0.15) is 10.8 Å². The molecule has 2 N–H and O–H groups in total. The molecular weight excluding hydrogens is 472 g/mol. The molecule has 2 amide bonds. The highest BCUT2D eigenvalue weighted by Gasteiger charge is 2.20. The molecule has 0 radical (unpaired) electrons. The SMILES string of the molecule is CCOC(=O)c1cc(-c2ccccc2)sc1NC(=O)CSCC(=O)Nc1ccc(OCC)cc1. The second-order valence-electron chi connectivity index (χ2n) is 6.99. The summed E-state index contributed by atoms with van der Waals surface area (Å²) in [5, 5.41) is 6.01. The molecule has 0 bridgehead atoms. The maximum absolute atomic E-state index is 12.5. The predicted molar refractivity (Wildman–Crippen MR) is 138 cm³/mol. The highest BCUT2D eigenvalue weighted by molar-refractivity contribution is 8.00. The molecule has 0 spiro atoms. The molecule has 3 rings (SSSR count). The van der Waals surface area contributed by atoms with Crippen LogP contribution in [0.5, 0.6) is 5.75 Å². The van der Waals surface area contributed by atoms with Gasteiger partial charge < -0.3 is 20.1 Å². The summed E-state index contributed by atoms with van der Waals surface area (Å²) in [7, 11) is 0. The normalized spacial score (nSPS) is 10.4. The largest absolute Gasteiger partial charge is 0.494 e. The Kier molecular flexibility index (Phi) is 9.54. The topological polar surface area (TPSA) is 93.7 Å². The Morgan fingerprint density at radius 1 is 0.882 bits per heavy atom. The number of amides is 2. The van der Waals surface area contributed by atoms with Crippen molar-refractivity contribution in [3.05, 3.63) is 66.2 Å². The zero-order chi connectivity index (χ0) is 24.3. The lowest BCUT2D eigenvalue weighted by Crippen LogP contribution is -2.19. The van der Waals surface area contributed by atoms with Crippen molar-refractivity contribution in [1.82, 2.24) is 0 Å². The number of thioether (sulfide) groups is 1. The van der Waals surface area contributed by atoms with Crippen molar-refractivity contribution < 1.29 is 23.9 Å². The van der Waals surface area contributed by atoms with E-state index in [1.807, 2.05) is 37.3 Å². The van der Waals surface area contributed by atoms with Crippen LogP contribution in [0.4, 0.5) is 10.7 Å². The average Bonchev–Trinajstić information content (AvgIpc) is 3.25. The fraction of sp³-hybridized carbons (Fsp3) is 0.240. The highest BCUT2D eigenvalue weighted by Crippen LogP contribution is 2.36. The van der Waals surface area contributed by atoms with Gasteiger partial charge >= 0.3 is 5.97 Å². The molecule has 0 saturated carbocycles. The summed E-state index contributed by atoms with van der Waals surface area (Å²) in [6, 6.07) is 18.4. The molecule has 0 unspecified atom stereocenters. The number of thiophene rings is 1. The monoisotopic (exact) mass is 498 g/mol. The molecular formula is C25H26N2O5S2. The summed E-state index contributed by atoms with van der Waals surface area (Å²) in [6.07, 6.45) is 0. The minimum atomic E-state index is -0.487. The van der Waals surface area contributed by atoms with Crippen LogP contribution in [-0.2, 0) is 14.3 Å². The quantitative estimate of drug-likeness (QED) is 0.349. The number of esters is 1. The van der Waals surface area contributed by atoms with E-state index in [2.05, 4.69) is 10.6 Å². The minimum absolute atomic E-state index is 0.0670. The fourth-order valence-corrected chi connectivity index (χ4v) is 4.67. The standard InChI is InChI=1S/C25H26N2O5S2/c1-3-31-19-12-10-18(11-13-19)26-22(28)15-33-16-23(29)27-24-20(25(30)32-4-2)14-21(34-24)17-8-6-5-7-9-17/h5-14H,3-4,15-16H2,1-2H3,(H,26,28)(H,27,29). The number of ether oxygens (including phenoxy) is 2. The highest BCUT2D eigenvalue weighted by atomic mass is 32.2. The van der Waals surface area contributed by atoms with Crippen LogP contribution >= 0.6 is 23.1 Å². The van der Waals surface area contributed by atoms with E-state index in [0.29, 0.717) is 22.9 Å². The van der Waals surface area contributed by atoms with E-state index in [-0.39, 0.29) is 29.9 Å². The summed E-state index contributed by atoms with van der Waals surface area (Å²) in [5.74, 6) is -0.0818. The number of hydrogen-bond acceptors (Lipinski definition) is 7. The molecule has 9 heteroatoms. The van der Waals surface area contributed by atoms with Gasteiger partial charge in [0.15, 0.2) is 0 Å². The molecule has 2 aromatic carbocycles. The number of carbonyl (C=O) groups excluding carboxylic acids is 3. The Bertz CT molecular complexity index is 1110. The summed E-state index contributed by atoms with van der Waals surface area (Å²) in [6.45, 7) is 4.45. The van der Waals surface area contributed by atoms with Gasteiger partial charge in [-0.2, -0.15) is 0 Å². The molecule has 0 fully saturated rings. The Balaban J connectivity index is 1.55. The number of hydrogen-bond donors (Lipinski definition) is 2. The number of anilines is 2. The van der Waals surface area contributed by atoms with E-state index in [1.165, 1.54) is 23.1 Å². The summed E-state index contributed by atoms with van der Waals surface area (Å²) in [4.78, 5) is 37.9. The Hall–Kier alpha value is -3.30. The van der Waals surface area contributed by atoms with Gasteiger partial charge in [0.05, 0.1) is 30.3 Å². The first-order valence-electron chi connectivity index (χ1n) is 10.8. The van der Waals surface area contributed by atoms with Gasteiger partial charge in [0, 0.05) is 10.6 Å². The van der Waals surface area contributed by atoms with Crippen molar-refractivity contribution in [2.75, 3.05) is 35.4 Å². The van der Waals surface area contributed by atoms with Crippen molar-refractivity contribution in [2.45, 2.75) is 13.8 Å². The summed E-state index contributed by atoms with van der Waals surface area (Å²) in [5.41, 5.74) is 1.92. The second kappa shape index (κ2) is 12.8. The number of benzene rings is 2. The molecule has 1 aromatic heterocycles. The van der Waals surface area contributed by atoms with Crippen molar-refractivity contribution in [1.29, 1.82) is 0 Å². The molecule has 34 heavy (non-hydrogen) atoms. The maximum atomic E-state index is 12.5. The van der Waals surface area contributed by atoms with Crippen molar-refractivity contribution >= 4 is 51.6 Å². The van der Waals surface area contributed by atoms with Crippen LogP contribution in [0.3, 0.4) is 0 Å². The molecule has 178 valence electrons. The van der Waals surface area contributed by atoms with Crippen LogP contribution in [0, 0.1) is 0 Å². The zero-order valence-corrected chi connectivity index (χ0v) is 20.6. The first-order valence-corrected chi connectivity index (χ1v) is 12.7. The molecule has 3 aromatic rings. The Morgan fingerprint density at radius 2 is 1.56 bits per heavy atom. The molecule has 1 heterocycles. The van der Waals surface area contributed by atoms with Gasteiger partial charge in [-0.15, -0.1) is 23.1 Å².